The third kappa shape index (κ3) is 5.36. The molecule has 0 aliphatic carbocycles. The lowest BCUT2D eigenvalue weighted by Gasteiger charge is -2.13. The van der Waals surface area contributed by atoms with Crippen molar-refractivity contribution in [2.45, 2.75) is 0 Å². The second kappa shape index (κ2) is 13.2. The van der Waals surface area contributed by atoms with E-state index >= 15 is 0 Å². The van der Waals surface area contributed by atoms with E-state index in [2.05, 4.69) is 170 Å². The van der Waals surface area contributed by atoms with Crippen LogP contribution in [0.3, 0.4) is 0 Å². The third-order valence-electron chi connectivity index (χ3n) is 12.4. The van der Waals surface area contributed by atoms with Crippen LogP contribution in [0.15, 0.2) is 205 Å². The largest absolute Gasteiger partial charge is 0.455 e. The average molecular weight is 776 g/mol. The first-order valence-electron chi connectivity index (χ1n) is 20.7. The van der Waals surface area contributed by atoms with Gasteiger partial charge in [-0.3, -0.25) is 0 Å². The zero-order valence-electron chi connectivity index (χ0n) is 32.8. The summed E-state index contributed by atoms with van der Waals surface area (Å²) in [5, 5.41) is 12.5. The minimum Gasteiger partial charge on any atom is -0.455 e. The van der Waals surface area contributed by atoms with E-state index in [1.807, 2.05) is 30.3 Å². The predicted octanol–water partition coefficient (Wildman–Crippen LogP) is 15.4. The predicted molar refractivity (Wildman–Crippen MR) is 254 cm³/mol. The summed E-state index contributed by atoms with van der Waals surface area (Å²) in [6.45, 7) is 0. The maximum Gasteiger partial charge on any atom is 0.144 e. The van der Waals surface area contributed by atoms with Gasteiger partial charge in [0.25, 0.3) is 0 Å². The van der Waals surface area contributed by atoms with Crippen molar-refractivity contribution in [1.82, 2.24) is 15.0 Å². The van der Waals surface area contributed by atoms with Gasteiger partial charge in [-0.2, -0.15) is 0 Å². The molecule has 0 atom stereocenters. The second-order valence-corrected chi connectivity index (χ2v) is 15.9. The lowest BCUT2D eigenvalue weighted by Crippen LogP contribution is -1.91. The molecule has 4 nitrogen and oxygen atoms in total. The molecule has 0 spiro atoms. The van der Waals surface area contributed by atoms with Gasteiger partial charge in [0.2, 0.25) is 0 Å². The van der Waals surface area contributed by atoms with Crippen LogP contribution in [0.2, 0.25) is 0 Å². The highest BCUT2D eigenvalue weighted by atomic mass is 16.3. The maximum atomic E-state index is 6.57. The van der Waals surface area contributed by atoms with Crippen LogP contribution in [0.1, 0.15) is 0 Å². The summed E-state index contributed by atoms with van der Waals surface area (Å²) in [6, 6.07) is 70.9. The van der Waals surface area contributed by atoms with Crippen molar-refractivity contribution < 1.29 is 4.42 Å². The summed E-state index contributed by atoms with van der Waals surface area (Å²) in [5.41, 5.74) is 12.9. The Balaban J connectivity index is 0.880. The molecule has 61 heavy (non-hydrogen) atoms. The van der Waals surface area contributed by atoms with Gasteiger partial charge in [-0.15, -0.1) is 0 Å². The van der Waals surface area contributed by atoms with Gasteiger partial charge in [0, 0.05) is 54.4 Å². The quantitative estimate of drug-likeness (QED) is 0.167. The number of para-hydroxylation sites is 2. The summed E-state index contributed by atoms with van der Waals surface area (Å²) in [7, 11) is 0. The van der Waals surface area contributed by atoms with Crippen molar-refractivity contribution in [2.24, 2.45) is 0 Å². The van der Waals surface area contributed by atoms with Crippen LogP contribution < -0.4 is 0 Å². The molecular formula is C57H33N3O. The number of pyridine rings is 3. The topological polar surface area (TPSA) is 51.8 Å². The van der Waals surface area contributed by atoms with Crippen LogP contribution in [0.4, 0.5) is 0 Å². The summed E-state index contributed by atoms with van der Waals surface area (Å²) in [6.07, 6.45) is 0. The number of hydrogen-bond acceptors (Lipinski definition) is 4. The molecular weight excluding hydrogens is 743 g/mol. The number of fused-ring (bicyclic) bond motifs is 13. The van der Waals surface area contributed by atoms with Crippen LogP contribution in [0.5, 0.6) is 0 Å². The Morgan fingerprint density at radius 3 is 1.66 bits per heavy atom. The molecule has 0 fully saturated rings. The maximum absolute atomic E-state index is 6.57. The Morgan fingerprint density at radius 1 is 0.311 bits per heavy atom. The first-order chi connectivity index (χ1) is 30.2. The standard InChI is InChI=1S/C57H33N3O/c1-2-9-34(10-3-1)49-29-23-35-17-18-36-24-30-50(59-56(36)55(35)58-49)41-22-26-44-40(33-41)20-19-39-31-38(21-25-43(39)44)37-11-8-12-42(32-37)54-48-28-27-46-45-13-5-7-16-52(45)61-57(46)53(48)47-14-4-6-15-51(47)60-54/h1-33H. The number of rotatable bonds is 4. The highest BCUT2D eigenvalue weighted by molar-refractivity contribution is 6.24. The van der Waals surface area contributed by atoms with Crippen molar-refractivity contribution in [3.8, 4) is 44.9 Å². The van der Waals surface area contributed by atoms with E-state index in [0.29, 0.717) is 0 Å². The monoisotopic (exact) mass is 775 g/mol. The summed E-state index contributed by atoms with van der Waals surface area (Å²) in [4.78, 5) is 15.6. The fourth-order valence-electron chi connectivity index (χ4n) is 9.39. The molecule has 13 rings (SSSR count). The highest BCUT2D eigenvalue weighted by Crippen LogP contribution is 2.42. The van der Waals surface area contributed by atoms with E-state index < -0.39 is 0 Å². The SMILES string of the molecule is c1ccc(-c2ccc3ccc4ccc(-c5ccc6c(ccc7cc(-c8cccc(-c9nc%10ccccc%10c%10c9ccc9c%11ccccc%11oc9%10)c8)ccc76)c5)nc4c3n2)cc1. The Kier molecular flexibility index (Phi) is 7.27. The van der Waals surface area contributed by atoms with Crippen molar-refractivity contribution in [3.05, 3.63) is 200 Å². The molecule has 0 amide bonds. The van der Waals surface area contributed by atoms with E-state index in [4.69, 9.17) is 19.4 Å². The number of furan rings is 1. The Hall–Kier alpha value is -8.21. The molecule has 0 saturated carbocycles. The highest BCUT2D eigenvalue weighted by Gasteiger charge is 2.18. The summed E-state index contributed by atoms with van der Waals surface area (Å²) < 4.78 is 6.57. The van der Waals surface area contributed by atoms with Gasteiger partial charge in [-0.25, -0.2) is 15.0 Å². The smallest absolute Gasteiger partial charge is 0.144 e. The van der Waals surface area contributed by atoms with Crippen LogP contribution in [0, 0.1) is 0 Å². The van der Waals surface area contributed by atoms with Crippen molar-refractivity contribution in [2.75, 3.05) is 0 Å². The van der Waals surface area contributed by atoms with Gasteiger partial charge in [0.1, 0.15) is 11.2 Å². The van der Waals surface area contributed by atoms with Gasteiger partial charge < -0.3 is 4.42 Å². The first kappa shape index (κ1) is 33.7. The molecule has 0 saturated heterocycles. The van der Waals surface area contributed by atoms with Gasteiger partial charge in [0.15, 0.2) is 0 Å². The summed E-state index contributed by atoms with van der Waals surface area (Å²) >= 11 is 0. The number of aromatic nitrogens is 3. The van der Waals surface area contributed by atoms with Crippen molar-refractivity contribution >= 4 is 87.0 Å². The zero-order valence-corrected chi connectivity index (χ0v) is 32.8. The Morgan fingerprint density at radius 2 is 0.869 bits per heavy atom. The molecule has 13 aromatic rings. The van der Waals surface area contributed by atoms with Crippen molar-refractivity contribution in [3.63, 3.8) is 0 Å². The molecule has 0 aliphatic rings. The molecule has 0 unspecified atom stereocenters. The molecule has 282 valence electrons. The molecule has 0 N–H and O–H groups in total. The van der Waals surface area contributed by atoms with E-state index in [0.717, 1.165) is 110 Å². The average Bonchev–Trinajstić information content (AvgIpc) is 3.72. The van der Waals surface area contributed by atoms with E-state index in [1.165, 1.54) is 21.5 Å². The second-order valence-electron chi connectivity index (χ2n) is 15.9. The van der Waals surface area contributed by atoms with Crippen LogP contribution in [-0.4, -0.2) is 15.0 Å². The zero-order chi connectivity index (χ0) is 40.0. The minimum absolute atomic E-state index is 0.894. The molecule has 0 aliphatic heterocycles. The lowest BCUT2D eigenvalue weighted by molar-refractivity contribution is 0.673. The fraction of sp³-hybridized carbons (Fsp3) is 0. The van der Waals surface area contributed by atoms with Crippen LogP contribution in [-0.2, 0) is 0 Å². The normalized spacial score (nSPS) is 11.9. The van der Waals surface area contributed by atoms with E-state index in [9.17, 15) is 0 Å². The third-order valence-corrected chi connectivity index (χ3v) is 12.4. The van der Waals surface area contributed by atoms with E-state index in [-0.39, 0.29) is 0 Å². The minimum atomic E-state index is 0.894. The van der Waals surface area contributed by atoms with Crippen LogP contribution >= 0.6 is 0 Å². The van der Waals surface area contributed by atoms with E-state index in [1.54, 1.807) is 0 Å². The Bertz CT molecular complexity index is 3940. The molecule has 0 bridgehead atoms. The molecule has 4 aromatic heterocycles. The lowest BCUT2D eigenvalue weighted by atomic mass is 9.94. The fourth-order valence-corrected chi connectivity index (χ4v) is 9.39. The molecule has 4 heteroatoms. The molecule has 9 aromatic carbocycles. The van der Waals surface area contributed by atoms with Gasteiger partial charge in [-0.1, -0.05) is 152 Å². The molecule has 4 heterocycles. The first-order valence-corrected chi connectivity index (χ1v) is 20.7. The molecule has 0 radical (unpaired) electrons. The summed E-state index contributed by atoms with van der Waals surface area (Å²) in [5.74, 6) is 0. The Labute approximate surface area is 350 Å². The van der Waals surface area contributed by atoms with Crippen molar-refractivity contribution in [1.29, 1.82) is 0 Å². The van der Waals surface area contributed by atoms with Gasteiger partial charge >= 0.3 is 0 Å². The van der Waals surface area contributed by atoms with Gasteiger partial charge in [-0.05, 0) is 81.2 Å². The number of nitrogens with zero attached hydrogens (tertiary/aromatic N) is 3. The van der Waals surface area contributed by atoms with Gasteiger partial charge in [0.05, 0.1) is 33.6 Å². The number of benzene rings is 9. The van der Waals surface area contributed by atoms with Crippen LogP contribution in [0.25, 0.3) is 132 Å². The number of hydrogen-bond donors (Lipinski definition) is 0.